The maximum atomic E-state index is 13.6. The number of fused-ring (bicyclic) bond motifs is 3. The zero-order chi connectivity index (χ0) is 29.6. The van der Waals surface area contributed by atoms with E-state index < -0.39 is 25.4 Å². The molecule has 41 heavy (non-hydrogen) atoms. The molecule has 2 atom stereocenters. The van der Waals surface area contributed by atoms with Gasteiger partial charge in [0.05, 0.1) is 28.4 Å². The summed E-state index contributed by atoms with van der Waals surface area (Å²) in [5, 5.41) is 5.22. The fraction of sp³-hybridized carbons (Fsp3) is 0.367. The van der Waals surface area contributed by atoms with Crippen molar-refractivity contribution < 1.29 is 41.8 Å². The number of nitrogens with one attached hydrogen (secondary N) is 1. The van der Waals surface area contributed by atoms with E-state index >= 15 is 0 Å². The van der Waals surface area contributed by atoms with Crippen molar-refractivity contribution >= 4 is 35.5 Å². The van der Waals surface area contributed by atoms with Crippen molar-refractivity contribution in [3.05, 3.63) is 65.7 Å². The summed E-state index contributed by atoms with van der Waals surface area (Å²) in [6, 6.07) is 16.4. The minimum absolute atomic E-state index is 0.258. The van der Waals surface area contributed by atoms with Crippen LogP contribution >= 0.6 is 7.60 Å². The number of hydrogen-bond donors (Lipinski definition) is 1. The molecule has 4 aromatic rings. The van der Waals surface area contributed by atoms with E-state index in [1.807, 2.05) is 54.6 Å². The molecule has 0 aliphatic rings. The molecule has 0 fully saturated rings. The lowest BCUT2D eigenvalue weighted by molar-refractivity contribution is -0.143. The van der Waals surface area contributed by atoms with Crippen molar-refractivity contribution in [1.29, 1.82) is 0 Å². The number of benzene rings is 3. The summed E-state index contributed by atoms with van der Waals surface area (Å²) in [5.41, 5.74) is 3.18. The Morgan fingerprint density at radius 2 is 1.49 bits per heavy atom. The first kappa shape index (κ1) is 30.4. The van der Waals surface area contributed by atoms with Crippen LogP contribution in [0.1, 0.15) is 17.5 Å². The molecule has 0 bridgehead atoms. The van der Waals surface area contributed by atoms with Gasteiger partial charge < -0.3 is 32.4 Å². The number of aryl methyl sites for hydroxylation is 1. The largest absolute Gasteiger partial charge is 0.493 e. The number of carbonyl (C=O) groups is 1. The molecule has 0 aliphatic carbocycles. The summed E-state index contributed by atoms with van der Waals surface area (Å²) < 4.78 is 51.8. The number of carbonyl (C=O) groups excluding carboxylic acids is 1. The molecule has 0 aliphatic heterocycles. The van der Waals surface area contributed by atoms with Gasteiger partial charge in [0.2, 0.25) is 5.75 Å². The van der Waals surface area contributed by atoms with Gasteiger partial charge in [-0.2, -0.15) is 0 Å². The van der Waals surface area contributed by atoms with Gasteiger partial charge in [-0.25, -0.2) is 0 Å². The first-order valence-electron chi connectivity index (χ1n) is 13.0. The van der Waals surface area contributed by atoms with Gasteiger partial charge in [0.25, 0.3) is 0 Å². The van der Waals surface area contributed by atoms with Crippen molar-refractivity contribution in [2.24, 2.45) is 0 Å². The van der Waals surface area contributed by atoms with Crippen molar-refractivity contribution in [2.45, 2.75) is 31.1 Å². The molecule has 4 rings (SSSR count). The van der Waals surface area contributed by atoms with Crippen LogP contribution in [-0.2, 0) is 36.0 Å². The predicted molar refractivity (Wildman–Crippen MR) is 156 cm³/mol. The van der Waals surface area contributed by atoms with E-state index in [-0.39, 0.29) is 6.42 Å². The summed E-state index contributed by atoms with van der Waals surface area (Å²) in [7, 11) is 4.90. The number of esters is 1. The van der Waals surface area contributed by atoms with Crippen LogP contribution in [0.15, 0.2) is 59.0 Å². The lowest BCUT2D eigenvalue weighted by Gasteiger charge is -2.29. The lowest BCUT2D eigenvalue weighted by atomic mass is 10.0. The van der Waals surface area contributed by atoms with E-state index in [0.717, 1.165) is 27.5 Å². The SMILES string of the molecule is COC(=O)[C@H](Cc1ccc2c(c1)oc1ccccc12)N[C@H](CCc1cc(OC)c(OC)c(OC)c1)P(=O)(OC)OC. The number of para-hydroxylation sites is 1. The van der Waals surface area contributed by atoms with Gasteiger partial charge in [-0.3, -0.25) is 14.7 Å². The molecule has 11 heteroatoms. The highest BCUT2D eigenvalue weighted by molar-refractivity contribution is 7.54. The summed E-state index contributed by atoms with van der Waals surface area (Å²) in [6.45, 7) is 0. The third-order valence-electron chi connectivity index (χ3n) is 7.08. The Morgan fingerprint density at radius 3 is 2.10 bits per heavy atom. The van der Waals surface area contributed by atoms with Gasteiger partial charge in [-0.1, -0.05) is 30.3 Å². The number of hydrogen-bond acceptors (Lipinski definition) is 10. The maximum Gasteiger partial charge on any atom is 0.346 e. The molecule has 0 saturated carbocycles. The highest BCUT2D eigenvalue weighted by atomic mass is 31.2. The van der Waals surface area contributed by atoms with Crippen LogP contribution < -0.4 is 19.5 Å². The van der Waals surface area contributed by atoms with Gasteiger partial charge in [0, 0.05) is 25.0 Å². The Labute approximate surface area is 239 Å². The fourth-order valence-corrected chi connectivity index (χ4v) is 6.43. The van der Waals surface area contributed by atoms with Crippen LogP contribution in [0.25, 0.3) is 21.9 Å². The number of methoxy groups -OCH3 is 4. The van der Waals surface area contributed by atoms with E-state index in [2.05, 4.69) is 5.32 Å². The molecule has 0 amide bonds. The second kappa shape index (κ2) is 13.4. The van der Waals surface area contributed by atoms with Crippen LogP contribution in [0.4, 0.5) is 0 Å². The molecular formula is C30H36NO9P. The quantitative estimate of drug-likeness (QED) is 0.145. The van der Waals surface area contributed by atoms with Crippen LogP contribution in [0.5, 0.6) is 17.2 Å². The Hall–Kier alpha value is -3.56. The monoisotopic (exact) mass is 585 g/mol. The van der Waals surface area contributed by atoms with Crippen molar-refractivity contribution in [3.63, 3.8) is 0 Å². The van der Waals surface area contributed by atoms with Crippen molar-refractivity contribution in [1.82, 2.24) is 5.32 Å². The van der Waals surface area contributed by atoms with Crippen molar-refractivity contribution in [2.75, 3.05) is 42.7 Å². The van der Waals surface area contributed by atoms with Crippen LogP contribution in [0.2, 0.25) is 0 Å². The maximum absolute atomic E-state index is 13.6. The minimum Gasteiger partial charge on any atom is -0.493 e. The Balaban J connectivity index is 1.61. The molecule has 3 aromatic carbocycles. The van der Waals surface area contributed by atoms with Gasteiger partial charge in [-0.05, 0) is 54.7 Å². The minimum atomic E-state index is -3.67. The molecule has 0 radical (unpaired) electrons. The Kier molecular flexibility index (Phi) is 9.94. The molecule has 0 saturated heterocycles. The average molecular weight is 586 g/mol. The van der Waals surface area contributed by atoms with E-state index in [1.54, 1.807) is 14.2 Å². The lowest BCUT2D eigenvalue weighted by Crippen LogP contribution is -2.45. The van der Waals surface area contributed by atoms with Gasteiger partial charge in [0.15, 0.2) is 11.5 Å². The molecule has 1 aromatic heterocycles. The summed E-state index contributed by atoms with van der Waals surface area (Å²) in [6.07, 6.45) is 0.991. The summed E-state index contributed by atoms with van der Waals surface area (Å²) in [4.78, 5) is 12.9. The molecular weight excluding hydrogens is 549 g/mol. The van der Waals surface area contributed by atoms with Crippen LogP contribution in [0.3, 0.4) is 0 Å². The molecule has 0 spiro atoms. The molecule has 10 nitrogen and oxygen atoms in total. The highest BCUT2D eigenvalue weighted by Gasteiger charge is 2.37. The van der Waals surface area contributed by atoms with Gasteiger partial charge >= 0.3 is 13.6 Å². The standard InChI is InChI=1S/C30H36NO9P/c1-34-26-17-20(18-27(35-2)29(26)36-3)12-14-28(41(33,38-5)39-6)31-23(30(32)37-4)15-19-11-13-22-21-9-7-8-10-24(21)40-25(22)16-19/h7-11,13,16-18,23,28,31H,12,14-15H2,1-6H3/t23-,28-/m0/s1. The number of rotatable bonds is 14. The second-order valence-corrected chi connectivity index (χ2v) is 11.8. The summed E-state index contributed by atoms with van der Waals surface area (Å²) in [5.74, 6) is 0.129. The first-order valence-corrected chi connectivity index (χ1v) is 14.7. The Bertz CT molecular complexity index is 1520. The van der Waals surface area contributed by atoms with E-state index in [0.29, 0.717) is 35.7 Å². The first-order chi connectivity index (χ1) is 19.8. The third-order valence-corrected chi connectivity index (χ3v) is 9.27. The van der Waals surface area contributed by atoms with Crippen LogP contribution in [-0.4, -0.2) is 60.5 Å². The number of ether oxygens (including phenoxy) is 4. The smallest absolute Gasteiger partial charge is 0.346 e. The Morgan fingerprint density at radius 1 is 0.829 bits per heavy atom. The van der Waals surface area contributed by atoms with Crippen molar-refractivity contribution in [3.8, 4) is 17.2 Å². The number of furan rings is 1. The van der Waals surface area contributed by atoms with E-state index in [1.165, 1.54) is 28.4 Å². The predicted octanol–water partition coefficient (Wildman–Crippen LogP) is 5.73. The molecule has 0 unspecified atom stereocenters. The zero-order valence-corrected chi connectivity index (χ0v) is 25.0. The summed E-state index contributed by atoms with van der Waals surface area (Å²) >= 11 is 0. The van der Waals surface area contributed by atoms with Gasteiger partial charge in [-0.15, -0.1) is 0 Å². The van der Waals surface area contributed by atoms with E-state index in [4.69, 9.17) is 32.4 Å². The third kappa shape index (κ3) is 6.52. The average Bonchev–Trinajstić information content (AvgIpc) is 3.38. The van der Waals surface area contributed by atoms with Gasteiger partial charge in [0.1, 0.15) is 23.0 Å². The van der Waals surface area contributed by atoms with Crippen LogP contribution in [0, 0.1) is 0 Å². The molecule has 1 N–H and O–H groups in total. The second-order valence-electron chi connectivity index (χ2n) is 9.37. The fourth-order valence-electron chi connectivity index (χ4n) is 4.96. The highest BCUT2D eigenvalue weighted by Crippen LogP contribution is 2.52. The molecule has 1 heterocycles. The van der Waals surface area contributed by atoms with E-state index in [9.17, 15) is 9.36 Å². The normalized spacial score (nSPS) is 13.2. The molecule has 220 valence electrons. The zero-order valence-electron chi connectivity index (χ0n) is 24.1. The topological polar surface area (TPSA) is 115 Å².